The summed E-state index contributed by atoms with van der Waals surface area (Å²) in [5.41, 5.74) is 4.19. The molecule has 3 aromatic rings. The number of rotatable bonds is 5. The van der Waals surface area contributed by atoms with Gasteiger partial charge in [0.1, 0.15) is 11.6 Å². The van der Waals surface area contributed by atoms with Crippen LogP contribution in [-0.4, -0.2) is 29.1 Å². The highest BCUT2D eigenvalue weighted by Crippen LogP contribution is 2.30. The van der Waals surface area contributed by atoms with Crippen LogP contribution in [-0.2, 0) is 4.79 Å². The van der Waals surface area contributed by atoms with Crippen LogP contribution in [0.25, 0.3) is 22.4 Å². The molecule has 1 aromatic heterocycles. The molecule has 136 valence electrons. The smallest absolute Gasteiger partial charge is 0.238 e. The number of halogens is 1. The fourth-order valence-electron chi connectivity index (χ4n) is 3.10. The minimum absolute atomic E-state index is 0.0896. The summed E-state index contributed by atoms with van der Waals surface area (Å²) in [5.74, 6) is 0.404. The molecule has 0 radical (unpaired) electrons. The number of nitrogens with zero attached hydrogens (tertiary/aromatic N) is 2. The molecule has 5 nitrogen and oxygen atoms in total. The van der Waals surface area contributed by atoms with E-state index < -0.39 is 0 Å². The predicted molar refractivity (Wildman–Crippen MR) is 103 cm³/mol. The Hall–Kier alpha value is -2.73. The minimum Gasteiger partial charge on any atom is -0.325 e. The maximum Gasteiger partial charge on any atom is 0.238 e. The van der Waals surface area contributed by atoms with Gasteiger partial charge in [-0.25, -0.2) is 9.37 Å². The van der Waals surface area contributed by atoms with E-state index >= 15 is 0 Å². The molecule has 0 aliphatic carbocycles. The molecule has 0 saturated heterocycles. The predicted octanol–water partition coefficient (Wildman–Crippen LogP) is 3.89. The molecule has 0 unspecified atom stereocenters. The third-order valence-electron chi connectivity index (χ3n) is 4.26. The Morgan fingerprint density at radius 1 is 1.23 bits per heavy atom. The van der Waals surface area contributed by atoms with Gasteiger partial charge in [0.05, 0.1) is 17.6 Å². The largest absolute Gasteiger partial charge is 0.325 e. The van der Waals surface area contributed by atoms with E-state index in [0.717, 1.165) is 28.2 Å². The second kappa shape index (κ2) is 7.25. The van der Waals surface area contributed by atoms with Crippen molar-refractivity contribution in [2.75, 3.05) is 18.9 Å². The lowest BCUT2D eigenvalue weighted by molar-refractivity contribution is -0.115. The minimum atomic E-state index is -0.295. The molecule has 6 heteroatoms. The van der Waals surface area contributed by atoms with Crippen LogP contribution >= 0.6 is 0 Å². The zero-order chi connectivity index (χ0) is 18.8. The Labute approximate surface area is 152 Å². The molecule has 0 bridgehead atoms. The van der Waals surface area contributed by atoms with E-state index in [1.54, 1.807) is 13.1 Å². The lowest BCUT2D eigenvalue weighted by Crippen LogP contribution is -2.25. The Morgan fingerprint density at radius 3 is 2.65 bits per heavy atom. The highest BCUT2D eigenvalue weighted by molar-refractivity contribution is 5.93. The maximum atomic E-state index is 13.6. The summed E-state index contributed by atoms with van der Waals surface area (Å²) in [7, 11) is 1.73. The summed E-state index contributed by atoms with van der Waals surface area (Å²) in [5, 5.41) is 5.71. The molecule has 0 spiro atoms. The molecular weight excluding hydrogens is 331 g/mol. The first-order chi connectivity index (χ1) is 12.4. The van der Waals surface area contributed by atoms with Gasteiger partial charge in [0.25, 0.3) is 0 Å². The number of anilines is 1. The fraction of sp³-hybridized carbons (Fsp3) is 0.300. The van der Waals surface area contributed by atoms with Crippen LogP contribution in [0.4, 0.5) is 10.1 Å². The highest BCUT2D eigenvalue weighted by Gasteiger charge is 2.16. The number of hydrogen-bond acceptors (Lipinski definition) is 3. The number of hydrogen-bond donors (Lipinski definition) is 2. The van der Waals surface area contributed by atoms with Crippen molar-refractivity contribution in [2.45, 2.75) is 26.8 Å². The van der Waals surface area contributed by atoms with E-state index in [-0.39, 0.29) is 24.3 Å². The quantitative estimate of drug-likeness (QED) is 0.731. The van der Waals surface area contributed by atoms with Crippen LogP contribution in [0.2, 0.25) is 0 Å². The Balaban J connectivity index is 2.05. The first kappa shape index (κ1) is 18.1. The summed E-state index contributed by atoms with van der Waals surface area (Å²) in [6, 6.07) is 10.7. The molecule has 0 fully saturated rings. The second-order valence-corrected chi connectivity index (χ2v) is 6.64. The van der Waals surface area contributed by atoms with Crippen molar-refractivity contribution in [3.8, 4) is 11.4 Å². The van der Waals surface area contributed by atoms with Gasteiger partial charge in [-0.2, -0.15) is 0 Å². The summed E-state index contributed by atoms with van der Waals surface area (Å²) >= 11 is 0. The second-order valence-electron chi connectivity index (χ2n) is 6.64. The van der Waals surface area contributed by atoms with Gasteiger partial charge < -0.3 is 15.2 Å². The van der Waals surface area contributed by atoms with E-state index in [9.17, 15) is 9.18 Å². The number of fused-ring (bicyclic) bond motifs is 1. The zero-order valence-corrected chi connectivity index (χ0v) is 15.4. The molecule has 2 aromatic carbocycles. The molecule has 0 aliphatic heterocycles. The summed E-state index contributed by atoms with van der Waals surface area (Å²) in [6.45, 7) is 6.36. The highest BCUT2D eigenvalue weighted by atomic mass is 19.1. The molecule has 0 atom stereocenters. The standard InChI is InChI=1S/C20H23FN4O/c1-12(2)25-18-8-6-15(21)10-17(18)24-20(25)14-5-7-16(13(3)9-14)23-19(26)11-22-4/h5-10,12,22H,11H2,1-4H3,(H,23,26). The van der Waals surface area contributed by atoms with Gasteiger partial charge >= 0.3 is 0 Å². The molecule has 0 aliphatic rings. The van der Waals surface area contributed by atoms with E-state index in [4.69, 9.17) is 0 Å². The first-order valence-corrected chi connectivity index (χ1v) is 8.63. The van der Waals surface area contributed by atoms with Gasteiger partial charge in [-0.15, -0.1) is 0 Å². The number of aromatic nitrogens is 2. The molecule has 1 amide bonds. The first-order valence-electron chi connectivity index (χ1n) is 8.63. The van der Waals surface area contributed by atoms with Gasteiger partial charge in [-0.1, -0.05) is 0 Å². The van der Waals surface area contributed by atoms with Crippen molar-refractivity contribution in [3.63, 3.8) is 0 Å². The van der Waals surface area contributed by atoms with Crippen LogP contribution in [0, 0.1) is 12.7 Å². The monoisotopic (exact) mass is 354 g/mol. The van der Waals surface area contributed by atoms with Crippen LogP contribution in [0.3, 0.4) is 0 Å². The normalized spacial score (nSPS) is 11.3. The number of benzene rings is 2. The number of carbonyl (C=O) groups is 1. The number of nitrogens with one attached hydrogen (secondary N) is 2. The average molecular weight is 354 g/mol. The fourth-order valence-corrected chi connectivity index (χ4v) is 3.10. The van der Waals surface area contributed by atoms with Crippen molar-refractivity contribution in [1.29, 1.82) is 0 Å². The lowest BCUT2D eigenvalue weighted by atomic mass is 10.1. The zero-order valence-electron chi connectivity index (χ0n) is 15.4. The number of imidazole rings is 1. The Kier molecular flexibility index (Phi) is 5.04. The van der Waals surface area contributed by atoms with Crippen LogP contribution in [0.15, 0.2) is 36.4 Å². The molecule has 0 saturated carbocycles. The SMILES string of the molecule is CNCC(=O)Nc1ccc(-c2nc3cc(F)ccc3n2C(C)C)cc1C. The number of aryl methyl sites for hydroxylation is 1. The summed E-state index contributed by atoms with van der Waals surface area (Å²) in [6.07, 6.45) is 0. The molecule has 2 N–H and O–H groups in total. The molecular formula is C20H23FN4O. The van der Waals surface area contributed by atoms with Crippen molar-refractivity contribution < 1.29 is 9.18 Å². The van der Waals surface area contributed by atoms with Crippen molar-refractivity contribution >= 4 is 22.6 Å². The number of likely N-dealkylation sites (N-methyl/N-ethyl adjacent to an activating group) is 1. The lowest BCUT2D eigenvalue weighted by Gasteiger charge is -2.15. The summed E-state index contributed by atoms with van der Waals surface area (Å²) in [4.78, 5) is 16.4. The topological polar surface area (TPSA) is 59.0 Å². The van der Waals surface area contributed by atoms with Crippen LogP contribution < -0.4 is 10.6 Å². The third-order valence-corrected chi connectivity index (χ3v) is 4.26. The van der Waals surface area contributed by atoms with Gasteiger partial charge in [-0.3, -0.25) is 4.79 Å². The maximum absolute atomic E-state index is 13.6. The third kappa shape index (κ3) is 3.46. The van der Waals surface area contributed by atoms with E-state index in [2.05, 4.69) is 34.0 Å². The van der Waals surface area contributed by atoms with E-state index in [1.807, 2.05) is 25.1 Å². The summed E-state index contributed by atoms with van der Waals surface area (Å²) < 4.78 is 15.7. The molecule has 3 rings (SSSR count). The van der Waals surface area contributed by atoms with E-state index in [1.165, 1.54) is 12.1 Å². The van der Waals surface area contributed by atoms with Crippen LogP contribution in [0.1, 0.15) is 25.5 Å². The van der Waals surface area contributed by atoms with Gasteiger partial charge in [-0.05, 0) is 63.7 Å². The van der Waals surface area contributed by atoms with Crippen molar-refractivity contribution in [1.82, 2.24) is 14.9 Å². The Bertz CT molecular complexity index is 962. The van der Waals surface area contributed by atoms with Gasteiger partial charge in [0.2, 0.25) is 5.91 Å². The molecule has 1 heterocycles. The number of amides is 1. The Morgan fingerprint density at radius 2 is 2.00 bits per heavy atom. The van der Waals surface area contributed by atoms with Gasteiger partial charge in [0.15, 0.2) is 0 Å². The molecule has 26 heavy (non-hydrogen) atoms. The van der Waals surface area contributed by atoms with Gasteiger partial charge in [0, 0.05) is 23.4 Å². The average Bonchev–Trinajstić information content (AvgIpc) is 2.95. The van der Waals surface area contributed by atoms with Crippen LogP contribution in [0.5, 0.6) is 0 Å². The van der Waals surface area contributed by atoms with E-state index in [0.29, 0.717) is 5.52 Å². The van der Waals surface area contributed by atoms with Crippen molar-refractivity contribution in [3.05, 3.63) is 47.8 Å². The van der Waals surface area contributed by atoms with Crippen molar-refractivity contribution in [2.24, 2.45) is 0 Å². The number of carbonyl (C=O) groups excluding carboxylic acids is 1.